The minimum absolute atomic E-state index is 0.104. The molecule has 0 bridgehead atoms. The molecule has 1 aromatic rings. The predicted octanol–water partition coefficient (Wildman–Crippen LogP) is 1.60. The number of hydrogen-bond donors (Lipinski definition) is 2. The highest BCUT2D eigenvalue weighted by molar-refractivity contribution is 5.72. The molecule has 0 aromatic carbocycles. The van der Waals surface area contributed by atoms with Crippen molar-refractivity contribution in [3.05, 3.63) is 30.1 Å². The molecular formula is C12H16N2O2. The number of aliphatic carboxylic acids is 1. The molecule has 0 aliphatic heterocycles. The van der Waals surface area contributed by atoms with E-state index >= 15 is 0 Å². The van der Waals surface area contributed by atoms with E-state index in [9.17, 15) is 4.79 Å². The number of rotatable bonds is 4. The summed E-state index contributed by atoms with van der Waals surface area (Å²) in [4.78, 5) is 14.9. The highest BCUT2D eigenvalue weighted by atomic mass is 16.4. The van der Waals surface area contributed by atoms with E-state index < -0.39 is 5.97 Å². The molecule has 3 unspecified atom stereocenters. The van der Waals surface area contributed by atoms with Crippen molar-refractivity contribution >= 4 is 5.97 Å². The Labute approximate surface area is 94.7 Å². The number of carboxylic acid groups (broad SMARTS) is 1. The number of carbonyl (C=O) groups is 1. The zero-order valence-electron chi connectivity index (χ0n) is 9.26. The van der Waals surface area contributed by atoms with Crippen LogP contribution < -0.4 is 5.32 Å². The van der Waals surface area contributed by atoms with Gasteiger partial charge in [0.2, 0.25) is 0 Å². The number of aromatic nitrogens is 1. The third-order valence-corrected chi connectivity index (χ3v) is 3.24. The van der Waals surface area contributed by atoms with Crippen LogP contribution in [0.4, 0.5) is 0 Å². The van der Waals surface area contributed by atoms with E-state index in [1.54, 1.807) is 6.20 Å². The normalized spacial score (nSPS) is 25.8. The summed E-state index contributed by atoms with van der Waals surface area (Å²) in [5.41, 5.74) is 1.10. The van der Waals surface area contributed by atoms with Crippen molar-refractivity contribution in [3.8, 4) is 0 Å². The van der Waals surface area contributed by atoms with Crippen LogP contribution in [0.2, 0.25) is 0 Å². The summed E-state index contributed by atoms with van der Waals surface area (Å²) in [7, 11) is 0. The average molecular weight is 220 g/mol. The van der Waals surface area contributed by atoms with Gasteiger partial charge in [0.1, 0.15) is 0 Å². The first kappa shape index (κ1) is 11.1. The predicted molar refractivity (Wildman–Crippen MR) is 59.9 cm³/mol. The van der Waals surface area contributed by atoms with Gasteiger partial charge in [-0.25, -0.2) is 0 Å². The molecule has 1 aromatic heterocycles. The average Bonchev–Trinajstić information content (AvgIpc) is 2.24. The van der Waals surface area contributed by atoms with Gasteiger partial charge in [-0.15, -0.1) is 0 Å². The lowest BCUT2D eigenvalue weighted by molar-refractivity contribution is -0.146. The first-order chi connectivity index (χ1) is 7.68. The third kappa shape index (κ3) is 2.22. The monoisotopic (exact) mass is 220 g/mol. The maximum absolute atomic E-state index is 10.9. The van der Waals surface area contributed by atoms with Gasteiger partial charge >= 0.3 is 5.97 Å². The molecule has 2 rings (SSSR count). The number of hydrogen-bond acceptors (Lipinski definition) is 3. The summed E-state index contributed by atoms with van der Waals surface area (Å²) in [6, 6.07) is 4.15. The first-order valence-corrected chi connectivity index (χ1v) is 5.57. The van der Waals surface area contributed by atoms with Crippen molar-refractivity contribution in [1.82, 2.24) is 10.3 Å². The fourth-order valence-electron chi connectivity index (χ4n) is 2.04. The maximum atomic E-state index is 10.9. The quantitative estimate of drug-likeness (QED) is 0.809. The molecule has 3 atom stereocenters. The standard InChI is InChI=1S/C12H16N2O2/c1-8(9-3-2-6-13-7-9)14-11-5-4-10(11)12(15)16/h2-3,6-8,10-11,14H,4-5H2,1H3,(H,15,16). The molecule has 0 spiro atoms. The number of pyridine rings is 1. The number of carboxylic acids is 1. The second kappa shape index (κ2) is 4.61. The summed E-state index contributed by atoms with van der Waals surface area (Å²) in [5.74, 6) is -0.916. The fraction of sp³-hybridized carbons (Fsp3) is 0.500. The lowest BCUT2D eigenvalue weighted by atomic mass is 9.79. The summed E-state index contributed by atoms with van der Waals surface area (Å²) in [5, 5.41) is 12.3. The van der Waals surface area contributed by atoms with Crippen LogP contribution in [-0.2, 0) is 4.79 Å². The molecule has 2 N–H and O–H groups in total. The SMILES string of the molecule is CC(NC1CCC1C(=O)O)c1cccnc1. The van der Waals surface area contributed by atoms with E-state index in [0.717, 1.165) is 18.4 Å². The van der Waals surface area contributed by atoms with E-state index in [1.165, 1.54) is 0 Å². The molecular weight excluding hydrogens is 204 g/mol. The van der Waals surface area contributed by atoms with E-state index in [1.807, 2.05) is 25.3 Å². The second-order valence-electron chi connectivity index (χ2n) is 4.30. The van der Waals surface area contributed by atoms with E-state index in [2.05, 4.69) is 10.3 Å². The van der Waals surface area contributed by atoms with Gasteiger partial charge in [0, 0.05) is 24.5 Å². The van der Waals surface area contributed by atoms with Gasteiger partial charge in [-0.2, -0.15) is 0 Å². The van der Waals surface area contributed by atoms with Crippen LogP contribution in [0.1, 0.15) is 31.4 Å². The van der Waals surface area contributed by atoms with Crippen LogP contribution in [0.3, 0.4) is 0 Å². The summed E-state index contributed by atoms with van der Waals surface area (Å²) in [6.07, 6.45) is 5.28. The van der Waals surface area contributed by atoms with Crippen LogP contribution in [0.5, 0.6) is 0 Å². The van der Waals surface area contributed by atoms with Gasteiger partial charge < -0.3 is 10.4 Å². The Kier molecular flexibility index (Phi) is 3.19. The van der Waals surface area contributed by atoms with Gasteiger partial charge in [0.15, 0.2) is 0 Å². The molecule has 0 saturated heterocycles. The minimum Gasteiger partial charge on any atom is -0.481 e. The smallest absolute Gasteiger partial charge is 0.308 e. The molecule has 1 saturated carbocycles. The molecule has 1 aliphatic carbocycles. The molecule has 1 aliphatic rings. The number of nitrogens with zero attached hydrogens (tertiary/aromatic N) is 1. The Morgan fingerprint density at radius 3 is 2.94 bits per heavy atom. The molecule has 86 valence electrons. The molecule has 16 heavy (non-hydrogen) atoms. The minimum atomic E-state index is -0.692. The zero-order chi connectivity index (χ0) is 11.5. The zero-order valence-corrected chi connectivity index (χ0v) is 9.26. The summed E-state index contributed by atoms with van der Waals surface area (Å²) in [6.45, 7) is 2.04. The number of nitrogens with one attached hydrogen (secondary N) is 1. The van der Waals surface area contributed by atoms with Crippen molar-refractivity contribution in [1.29, 1.82) is 0 Å². The Balaban J connectivity index is 1.93. The molecule has 0 amide bonds. The lowest BCUT2D eigenvalue weighted by Gasteiger charge is -2.36. The van der Waals surface area contributed by atoms with E-state index in [4.69, 9.17) is 5.11 Å². The Hall–Kier alpha value is -1.42. The second-order valence-corrected chi connectivity index (χ2v) is 4.30. The van der Waals surface area contributed by atoms with Crippen LogP contribution in [0.25, 0.3) is 0 Å². The molecule has 0 radical (unpaired) electrons. The Bertz CT molecular complexity index is 367. The van der Waals surface area contributed by atoms with Crippen LogP contribution in [-0.4, -0.2) is 22.1 Å². The van der Waals surface area contributed by atoms with Crippen LogP contribution in [0.15, 0.2) is 24.5 Å². The van der Waals surface area contributed by atoms with E-state index in [0.29, 0.717) is 0 Å². The van der Waals surface area contributed by atoms with Gasteiger partial charge in [0.05, 0.1) is 5.92 Å². The Morgan fingerprint density at radius 1 is 1.62 bits per heavy atom. The van der Waals surface area contributed by atoms with Crippen molar-refractivity contribution in [2.24, 2.45) is 5.92 Å². The highest BCUT2D eigenvalue weighted by Crippen LogP contribution is 2.29. The van der Waals surface area contributed by atoms with Gasteiger partial charge in [-0.3, -0.25) is 9.78 Å². The van der Waals surface area contributed by atoms with Crippen LogP contribution in [0, 0.1) is 5.92 Å². The molecule has 1 fully saturated rings. The molecule has 1 heterocycles. The van der Waals surface area contributed by atoms with Crippen molar-refractivity contribution in [3.63, 3.8) is 0 Å². The summed E-state index contributed by atoms with van der Waals surface area (Å²) >= 11 is 0. The first-order valence-electron chi connectivity index (χ1n) is 5.57. The van der Waals surface area contributed by atoms with Crippen molar-refractivity contribution in [2.75, 3.05) is 0 Å². The molecule has 4 heteroatoms. The third-order valence-electron chi connectivity index (χ3n) is 3.24. The summed E-state index contributed by atoms with van der Waals surface area (Å²) < 4.78 is 0. The van der Waals surface area contributed by atoms with Crippen molar-refractivity contribution < 1.29 is 9.90 Å². The largest absolute Gasteiger partial charge is 0.481 e. The molecule has 4 nitrogen and oxygen atoms in total. The maximum Gasteiger partial charge on any atom is 0.308 e. The Morgan fingerprint density at radius 2 is 2.44 bits per heavy atom. The topological polar surface area (TPSA) is 62.2 Å². The highest BCUT2D eigenvalue weighted by Gasteiger charge is 2.37. The van der Waals surface area contributed by atoms with E-state index in [-0.39, 0.29) is 18.0 Å². The van der Waals surface area contributed by atoms with Gasteiger partial charge in [-0.05, 0) is 31.4 Å². The van der Waals surface area contributed by atoms with Crippen LogP contribution >= 0.6 is 0 Å². The van der Waals surface area contributed by atoms with Gasteiger partial charge in [0.25, 0.3) is 0 Å². The van der Waals surface area contributed by atoms with Gasteiger partial charge in [-0.1, -0.05) is 6.07 Å². The van der Waals surface area contributed by atoms with Crippen molar-refractivity contribution in [2.45, 2.75) is 31.8 Å². The fourth-order valence-corrected chi connectivity index (χ4v) is 2.04. The lowest BCUT2D eigenvalue weighted by Crippen LogP contribution is -2.48.